The lowest BCUT2D eigenvalue weighted by molar-refractivity contribution is -0.121. The van der Waals surface area contributed by atoms with Crippen LogP contribution in [0.1, 0.15) is 24.0 Å². The van der Waals surface area contributed by atoms with Crippen LogP contribution >= 0.6 is 12.2 Å². The SMILES string of the molecule is Cc1ccc(OCCCC(=O)NNC(=S)NCc2ccc(F)cc2)cc1. The normalized spacial score (nSPS) is 10.1. The molecule has 138 valence electrons. The fraction of sp³-hybridized carbons (Fsp3) is 0.263. The van der Waals surface area contributed by atoms with Crippen LogP contribution in [0.15, 0.2) is 48.5 Å². The number of hydrogen-bond donors (Lipinski definition) is 3. The van der Waals surface area contributed by atoms with Crippen LogP contribution in [0.25, 0.3) is 0 Å². The van der Waals surface area contributed by atoms with Crippen LogP contribution in [0.3, 0.4) is 0 Å². The van der Waals surface area contributed by atoms with Crippen molar-refractivity contribution in [3.05, 3.63) is 65.5 Å². The number of nitrogens with one attached hydrogen (secondary N) is 3. The molecule has 0 radical (unpaired) electrons. The molecule has 0 bridgehead atoms. The average molecular weight is 375 g/mol. The van der Waals surface area contributed by atoms with Crippen LogP contribution in [-0.4, -0.2) is 17.6 Å². The van der Waals surface area contributed by atoms with Gasteiger partial charge in [0.2, 0.25) is 5.91 Å². The molecule has 0 saturated heterocycles. The molecule has 5 nitrogen and oxygen atoms in total. The predicted octanol–water partition coefficient (Wildman–Crippen LogP) is 2.99. The van der Waals surface area contributed by atoms with E-state index < -0.39 is 0 Å². The maximum absolute atomic E-state index is 12.8. The zero-order valence-electron chi connectivity index (χ0n) is 14.5. The van der Waals surface area contributed by atoms with Gasteiger partial charge in [-0.15, -0.1) is 0 Å². The molecule has 0 saturated carbocycles. The molecule has 0 aromatic heterocycles. The predicted molar refractivity (Wildman–Crippen MR) is 103 cm³/mol. The van der Waals surface area contributed by atoms with Crippen LogP contribution < -0.4 is 20.9 Å². The maximum Gasteiger partial charge on any atom is 0.238 e. The van der Waals surface area contributed by atoms with E-state index in [1.165, 1.54) is 17.7 Å². The molecule has 0 heterocycles. The number of benzene rings is 2. The third-order valence-corrected chi connectivity index (χ3v) is 3.77. The minimum Gasteiger partial charge on any atom is -0.494 e. The summed E-state index contributed by atoms with van der Waals surface area (Å²) in [6, 6.07) is 13.9. The van der Waals surface area contributed by atoms with E-state index in [4.69, 9.17) is 17.0 Å². The molecule has 2 rings (SSSR count). The van der Waals surface area contributed by atoms with Gasteiger partial charge in [0.25, 0.3) is 0 Å². The molecule has 1 amide bonds. The average Bonchev–Trinajstić information content (AvgIpc) is 2.64. The Hall–Kier alpha value is -2.67. The van der Waals surface area contributed by atoms with Crippen LogP contribution in [0.5, 0.6) is 5.75 Å². The summed E-state index contributed by atoms with van der Waals surface area (Å²) in [5, 5.41) is 3.22. The zero-order chi connectivity index (χ0) is 18.8. The summed E-state index contributed by atoms with van der Waals surface area (Å²) >= 11 is 5.07. The molecule has 0 unspecified atom stereocenters. The van der Waals surface area contributed by atoms with Gasteiger partial charge in [0.05, 0.1) is 6.61 Å². The third kappa shape index (κ3) is 7.48. The summed E-state index contributed by atoms with van der Waals surface area (Å²) in [7, 11) is 0. The fourth-order valence-electron chi connectivity index (χ4n) is 2.08. The minimum atomic E-state index is -0.284. The fourth-order valence-corrected chi connectivity index (χ4v) is 2.20. The number of thiocarbonyl (C=S) groups is 1. The lowest BCUT2D eigenvalue weighted by Crippen LogP contribution is -2.46. The van der Waals surface area contributed by atoms with Gasteiger partial charge in [-0.05, 0) is 55.4 Å². The van der Waals surface area contributed by atoms with Gasteiger partial charge in [-0.1, -0.05) is 29.8 Å². The minimum absolute atomic E-state index is 0.177. The number of halogens is 1. The number of carbonyl (C=O) groups excluding carboxylic acids is 1. The van der Waals surface area contributed by atoms with Gasteiger partial charge in [0, 0.05) is 13.0 Å². The standard InChI is InChI=1S/C19H22FN3O2S/c1-14-4-10-17(11-5-14)25-12-2-3-18(24)22-23-19(26)21-13-15-6-8-16(20)9-7-15/h4-11H,2-3,12-13H2,1H3,(H,22,24)(H2,21,23,26). The van der Waals surface area contributed by atoms with Gasteiger partial charge in [0.15, 0.2) is 5.11 Å². The molecule has 0 fully saturated rings. The molecular weight excluding hydrogens is 353 g/mol. The van der Waals surface area contributed by atoms with Gasteiger partial charge in [-0.3, -0.25) is 15.6 Å². The highest BCUT2D eigenvalue weighted by molar-refractivity contribution is 7.80. The third-order valence-electron chi connectivity index (χ3n) is 3.52. The second-order valence-corrected chi connectivity index (χ2v) is 6.16. The Morgan fingerprint density at radius 1 is 1.08 bits per heavy atom. The van der Waals surface area contributed by atoms with E-state index in [2.05, 4.69) is 16.2 Å². The van der Waals surface area contributed by atoms with Crippen molar-refractivity contribution in [2.75, 3.05) is 6.61 Å². The van der Waals surface area contributed by atoms with Crippen molar-refractivity contribution in [2.45, 2.75) is 26.3 Å². The Labute approximate surface area is 157 Å². The molecule has 0 aliphatic carbocycles. The van der Waals surface area contributed by atoms with E-state index in [-0.39, 0.29) is 11.7 Å². The lowest BCUT2D eigenvalue weighted by Gasteiger charge is -2.12. The molecule has 0 atom stereocenters. The van der Waals surface area contributed by atoms with Gasteiger partial charge < -0.3 is 10.1 Å². The van der Waals surface area contributed by atoms with Crippen molar-refractivity contribution in [3.8, 4) is 5.75 Å². The largest absolute Gasteiger partial charge is 0.494 e. The Kier molecular flexibility index (Phi) is 7.82. The van der Waals surface area contributed by atoms with E-state index in [0.717, 1.165) is 11.3 Å². The quantitative estimate of drug-likeness (QED) is 0.395. The number of ether oxygens (including phenoxy) is 1. The monoisotopic (exact) mass is 375 g/mol. The van der Waals surface area contributed by atoms with E-state index in [0.29, 0.717) is 31.1 Å². The molecule has 2 aromatic carbocycles. The number of carbonyl (C=O) groups is 1. The van der Waals surface area contributed by atoms with Crippen LogP contribution in [-0.2, 0) is 11.3 Å². The molecular formula is C19H22FN3O2S. The highest BCUT2D eigenvalue weighted by Crippen LogP contribution is 2.11. The van der Waals surface area contributed by atoms with Crippen molar-refractivity contribution >= 4 is 23.2 Å². The molecule has 0 aliphatic rings. The first kappa shape index (κ1) is 19.7. The maximum atomic E-state index is 12.8. The van der Waals surface area contributed by atoms with Gasteiger partial charge in [-0.25, -0.2) is 4.39 Å². The first-order valence-electron chi connectivity index (χ1n) is 8.29. The Bertz CT molecular complexity index is 721. The Morgan fingerprint density at radius 3 is 2.46 bits per heavy atom. The van der Waals surface area contributed by atoms with Crippen LogP contribution in [0.2, 0.25) is 0 Å². The van der Waals surface area contributed by atoms with Crippen molar-refractivity contribution < 1.29 is 13.9 Å². The molecule has 0 aliphatic heterocycles. The molecule has 7 heteroatoms. The van der Waals surface area contributed by atoms with Gasteiger partial charge in [-0.2, -0.15) is 0 Å². The zero-order valence-corrected chi connectivity index (χ0v) is 15.4. The van der Waals surface area contributed by atoms with Crippen molar-refractivity contribution in [3.63, 3.8) is 0 Å². The van der Waals surface area contributed by atoms with Crippen molar-refractivity contribution in [1.29, 1.82) is 0 Å². The number of hydrogen-bond acceptors (Lipinski definition) is 3. The number of amides is 1. The summed E-state index contributed by atoms with van der Waals surface area (Å²) in [6.07, 6.45) is 0.913. The Balaban J connectivity index is 1.55. The number of rotatable bonds is 7. The molecule has 0 spiro atoms. The van der Waals surface area contributed by atoms with E-state index in [9.17, 15) is 9.18 Å². The first-order chi connectivity index (χ1) is 12.5. The van der Waals surface area contributed by atoms with E-state index >= 15 is 0 Å². The summed E-state index contributed by atoms with van der Waals surface area (Å²) in [6.45, 7) is 2.91. The molecule has 2 aromatic rings. The smallest absolute Gasteiger partial charge is 0.238 e. The van der Waals surface area contributed by atoms with Crippen molar-refractivity contribution in [2.24, 2.45) is 0 Å². The topological polar surface area (TPSA) is 62.4 Å². The highest BCUT2D eigenvalue weighted by Gasteiger charge is 2.03. The van der Waals surface area contributed by atoms with Gasteiger partial charge in [0.1, 0.15) is 11.6 Å². The lowest BCUT2D eigenvalue weighted by atomic mass is 10.2. The van der Waals surface area contributed by atoms with Crippen LogP contribution in [0, 0.1) is 12.7 Å². The van der Waals surface area contributed by atoms with Crippen LogP contribution in [0.4, 0.5) is 4.39 Å². The summed E-state index contributed by atoms with van der Waals surface area (Å²) in [5.74, 6) is 0.330. The van der Waals surface area contributed by atoms with E-state index in [1.54, 1.807) is 12.1 Å². The second-order valence-electron chi connectivity index (χ2n) is 5.75. The summed E-state index contributed by atoms with van der Waals surface area (Å²) in [5.41, 5.74) is 7.22. The first-order valence-corrected chi connectivity index (χ1v) is 8.70. The summed E-state index contributed by atoms with van der Waals surface area (Å²) in [4.78, 5) is 11.8. The van der Waals surface area contributed by atoms with Crippen molar-refractivity contribution in [1.82, 2.24) is 16.2 Å². The molecule has 26 heavy (non-hydrogen) atoms. The van der Waals surface area contributed by atoms with Gasteiger partial charge >= 0.3 is 0 Å². The summed E-state index contributed by atoms with van der Waals surface area (Å²) < 4.78 is 18.4. The highest BCUT2D eigenvalue weighted by atomic mass is 32.1. The number of hydrazine groups is 1. The molecule has 3 N–H and O–H groups in total. The second kappa shape index (κ2) is 10.4. The Morgan fingerprint density at radius 2 is 1.77 bits per heavy atom. The number of aryl methyl sites for hydroxylation is 1. The van der Waals surface area contributed by atoms with E-state index in [1.807, 2.05) is 31.2 Å².